The van der Waals surface area contributed by atoms with E-state index < -0.39 is 0 Å². The van der Waals surface area contributed by atoms with Gasteiger partial charge in [-0.05, 0) is 69.3 Å². The fourth-order valence-corrected chi connectivity index (χ4v) is 2.85. The lowest BCUT2D eigenvalue weighted by Gasteiger charge is -2.18. The molecule has 21 heavy (non-hydrogen) atoms. The summed E-state index contributed by atoms with van der Waals surface area (Å²) in [6.07, 6.45) is 3.42. The molecule has 0 saturated heterocycles. The van der Waals surface area contributed by atoms with Crippen LogP contribution in [0.2, 0.25) is 0 Å². The number of rotatable bonds is 6. The average Bonchev–Trinajstić information content (AvgIpc) is 2.48. The number of likely N-dealkylation sites (N-methyl/N-ethyl adjacent to an activating group) is 1. The quantitative estimate of drug-likeness (QED) is 0.829. The molecular formula is C20H27N. The lowest BCUT2D eigenvalue weighted by atomic mass is 9.94. The third-order valence-electron chi connectivity index (χ3n) is 4.40. The fraction of sp³-hybridized carbons (Fsp3) is 0.400. The van der Waals surface area contributed by atoms with Gasteiger partial charge < -0.3 is 5.32 Å². The first-order chi connectivity index (χ1) is 10.1. The summed E-state index contributed by atoms with van der Waals surface area (Å²) in [7, 11) is 2.08. The van der Waals surface area contributed by atoms with Crippen molar-refractivity contribution in [1.29, 1.82) is 0 Å². The molecule has 0 aliphatic carbocycles. The van der Waals surface area contributed by atoms with Gasteiger partial charge in [0.1, 0.15) is 0 Å². The molecule has 0 radical (unpaired) electrons. The Morgan fingerprint density at radius 1 is 0.905 bits per heavy atom. The van der Waals surface area contributed by atoms with E-state index in [-0.39, 0.29) is 0 Å². The van der Waals surface area contributed by atoms with Crippen molar-refractivity contribution >= 4 is 0 Å². The SMILES string of the molecule is CNC(CCc1ccccc1C)Cc1cc(C)ccc1C. The van der Waals surface area contributed by atoms with Crippen LogP contribution in [0.4, 0.5) is 0 Å². The Kier molecular flexibility index (Phi) is 5.58. The van der Waals surface area contributed by atoms with Crippen molar-refractivity contribution in [3.05, 3.63) is 70.3 Å². The Hall–Kier alpha value is -1.60. The molecular weight excluding hydrogens is 254 g/mol. The summed E-state index contributed by atoms with van der Waals surface area (Å²) in [5, 5.41) is 3.49. The van der Waals surface area contributed by atoms with E-state index >= 15 is 0 Å². The summed E-state index contributed by atoms with van der Waals surface area (Å²) in [5.41, 5.74) is 7.10. The van der Waals surface area contributed by atoms with E-state index in [4.69, 9.17) is 0 Å². The Balaban J connectivity index is 2.00. The van der Waals surface area contributed by atoms with Crippen LogP contribution in [0.5, 0.6) is 0 Å². The molecule has 0 amide bonds. The molecule has 0 spiro atoms. The van der Waals surface area contributed by atoms with Crippen molar-refractivity contribution in [1.82, 2.24) is 5.32 Å². The van der Waals surface area contributed by atoms with E-state index in [0.29, 0.717) is 6.04 Å². The minimum atomic E-state index is 0.533. The van der Waals surface area contributed by atoms with Crippen LogP contribution in [0.3, 0.4) is 0 Å². The van der Waals surface area contributed by atoms with Crippen LogP contribution in [0.15, 0.2) is 42.5 Å². The Bertz CT molecular complexity index is 586. The highest BCUT2D eigenvalue weighted by Crippen LogP contribution is 2.16. The summed E-state index contributed by atoms with van der Waals surface area (Å²) in [4.78, 5) is 0. The van der Waals surface area contributed by atoms with Crippen molar-refractivity contribution in [3.8, 4) is 0 Å². The first-order valence-corrected chi connectivity index (χ1v) is 7.88. The van der Waals surface area contributed by atoms with Gasteiger partial charge in [0.15, 0.2) is 0 Å². The molecule has 1 N–H and O–H groups in total. The molecule has 0 saturated carbocycles. The Labute approximate surface area is 129 Å². The van der Waals surface area contributed by atoms with E-state index in [1.165, 1.54) is 34.2 Å². The lowest BCUT2D eigenvalue weighted by molar-refractivity contribution is 0.518. The Morgan fingerprint density at radius 3 is 2.33 bits per heavy atom. The first-order valence-electron chi connectivity index (χ1n) is 7.88. The van der Waals surface area contributed by atoms with Crippen LogP contribution in [0, 0.1) is 20.8 Å². The van der Waals surface area contributed by atoms with Crippen LogP contribution in [-0.2, 0) is 12.8 Å². The third kappa shape index (κ3) is 4.44. The highest BCUT2D eigenvalue weighted by atomic mass is 14.9. The van der Waals surface area contributed by atoms with Crippen LogP contribution in [0.25, 0.3) is 0 Å². The van der Waals surface area contributed by atoms with Gasteiger partial charge in [-0.25, -0.2) is 0 Å². The number of benzene rings is 2. The highest BCUT2D eigenvalue weighted by Gasteiger charge is 2.10. The molecule has 2 rings (SSSR count). The third-order valence-corrected chi connectivity index (χ3v) is 4.40. The number of hydrogen-bond donors (Lipinski definition) is 1. The van der Waals surface area contributed by atoms with Gasteiger partial charge in [-0.2, -0.15) is 0 Å². The van der Waals surface area contributed by atoms with Gasteiger partial charge in [0.2, 0.25) is 0 Å². The van der Waals surface area contributed by atoms with Gasteiger partial charge in [-0.1, -0.05) is 48.0 Å². The normalized spacial score (nSPS) is 12.4. The standard InChI is InChI=1S/C20H27N/c1-15-9-10-17(3)19(13-15)14-20(21-4)12-11-18-8-6-5-7-16(18)2/h5-10,13,20-21H,11-12,14H2,1-4H3. The van der Waals surface area contributed by atoms with Gasteiger partial charge in [0.25, 0.3) is 0 Å². The predicted molar refractivity (Wildman–Crippen MR) is 92.0 cm³/mol. The molecule has 0 aliphatic heterocycles. The van der Waals surface area contributed by atoms with E-state index in [0.717, 1.165) is 12.8 Å². The van der Waals surface area contributed by atoms with Gasteiger partial charge in [-0.15, -0.1) is 0 Å². The van der Waals surface area contributed by atoms with Gasteiger partial charge in [0.05, 0.1) is 0 Å². The van der Waals surface area contributed by atoms with Crippen molar-refractivity contribution < 1.29 is 0 Å². The molecule has 0 bridgehead atoms. The van der Waals surface area contributed by atoms with Gasteiger partial charge in [-0.3, -0.25) is 0 Å². The maximum absolute atomic E-state index is 3.49. The zero-order valence-corrected chi connectivity index (χ0v) is 13.7. The van der Waals surface area contributed by atoms with Crippen LogP contribution in [-0.4, -0.2) is 13.1 Å². The highest BCUT2D eigenvalue weighted by molar-refractivity contribution is 5.31. The molecule has 1 nitrogen and oxygen atoms in total. The summed E-state index contributed by atoms with van der Waals surface area (Å²) in [5.74, 6) is 0. The average molecular weight is 281 g/mol. The van der Waals surface area contributed by atoms with Gasteiger partial charge in [0, 0.05) is 6.04 Å². The largest absolute Gasteiger partial charge is 0.317 e. The second-order valence-electron chi connectivity index (χ2n) is 6.08. The smallest absolute Gasteiger partial charge is 0.0108 e. The zero-order chi connectivity index (χ0) is 15.2. The molecule has 1 unspecified atom stereocenters. The minimum Gasteiger partial charge on any atom is -0.317 e. The topological polar surface area (TPSA) is 12.0 Å². The lowest BCUT2D eigenvalue weighted by Crippen LogP contribution is -2.28. The zero-order valence-electron chi connectivity index (χ0n) is 13.7. The second-order valence-corrected chi connectivity index (χ2v) is 6.08. The van der Waals surface area contributed by atoms with Crippen molar-refractivity contribution in [2.75, 3.05) is 7.05 Å². The first kappa shape index (κ1) is 15.8. The van der Waals surface area contributed by atoms with E-state index in [2.05, 4.69) is 75.6 Å². The summed E-state index contributed by atoms with van der Waals surface area (Å²) >= 11 is 0. The van der Waals surface area contributed by atoms with Crippen molar-refractivity contribution in [2.24, 2.45) is 0 Å². The number of aryl methyl sites for hydroxylation is 4. The molecule has 2 aromatic rings. The summed E-state index contributed by atoms with van der Waals surface area (Å²) in [6.45, 7) is 6.59. The van der Waals surface area contributed by atoms with Crippen LogP contribution in [0.1, 0.15) is 34.2 Å². The van der Waals surface area contributed by atoms with E-state index in [1.807, 2.05) is 0 Å². The molecule has 0 fully saturated rings. The molecule has 1 heteroatoms. The fourth-order valence-electron chi connectivity index (χ4n) is 2.85. The molecule has 1 atom stereocenters. The number of hydrogen-bond acceptors (Lipinski definition) is 1. The van der Waals surface area contributed by atoms with Crippen molar-refractivity contribution in [3.63, 3.8) is 0 Å². The maximum atomic E-state index is 3.49. The van der Waals surface area contributed by atoms with E-state index in [9.17, 15) is 0 Å². The molecule has 0 heterocycles. The molecule has 0 aliphatic rings. The summed E-state index contributed by atoms with van der Waals surface area (Å²) < 4.78 is 0. The van der Waals surface area contributed by atoms with Crippen LogP contribution >= 0.6 is 0 Å². The maximum Gasteiger partial charge on any atom is 0.0108 e. The van der Waals surface area contributed by atoms with E-state index in [1.54, 1.807) is 0 Å². The molecule has 2 aromatic carbocycles. The monoisotopic (exact) mass is 281 g/mol. The summed E-state index contributed by atoms with van der Waals surface area (Å²) in [6, 6.07) is 16.0. The number of nitrogens with one attached hydrogen (secondary N) is 1. The predicted octanol–water partition coefficient (Wildman–Crippen LogP) is 4.38. The van der Waals surface area contributed by atoms with Gasteiger partial charge >= 0.3 is 0 Å². The molecule has 112 valence electrons. The minimum absolute atomic E-state index is 0.533. The van der Waals surface area contributed by atoms with Crippen LogP contribution < -0.4 is 5.32 Å². The second kappa shape index (κ2) is 7.42. The molecule has 0 aromatic heterocycles. The Morgan fingerprint density at radius 2 is 1.62 bits per heavy atom. The van der Waals surface area contributed by atoms with Crippen molar-refractivity contribution in [2.45, 2.75) is 46.1 Å².